The topological polar surface area (TPSA) is 26.3 Å². The van der Waals surface area contributed by atoms with Crippen LogP contribution >= 0.6 is 0 Å². The predicted octanol–water partition coefficient (Wildman–Crippen LogP) is 3.57. The second-order valence-corrected chi connectivity index (χ2v) is 6.04. The van der Waals surface area contributed by atoms with Crippen LogP contribution in [0.5, 0.6) is 5.75 Å². The van der Waals surface area contributed by atoms with Gasteiger partial charge in [0.1, 0.15) is 5.75 Å². The Balaban J connectivity index is 2.57. The maximum atomic E-state index is 11.9. The molecular weight excluding hydrogens is 212 g/mol. The van der Waals surface area contributed by atoms with Gasteiger partial charge in [-0.2, -0.15) is 0 Å². The minimum absolute atomic E-state index is 0.0926. The van der Waals surface area contributed by atoms with E-state index in [2.05, 4.69) is 26.8 Å². The van der Waals surface area contributed by atoms with Gasteiger partial charge < -0.3 is 4.74 Å². The van der Waals surface area contributed by atoms with Crippen molar-refractivity contribution in [3.63, 3.8) is 0 Å². The first-order valence-corrected chi connectivity index (χ1v) is 6.16. The maximum Gasteiger partial charge on any atom is 0.321 e. The summed E-state index contributed by atoms with van der Waals surface area (Å²) in [6.45, 7) is 10.5. The lowest BCUT2D eigenvalue weighted by molar-refractivity contribution is -0.137. The minimum Gasteiger partial charge on any atom is -0.426 e. The summed E-state index contributed by atoms with van der Waals surface area (Å²) in [5.41, 5.74) is 1.90. The zero-order chi connectivity index (χ0) is 12.8. The summed E-state index contributed by atoms with van der Waals surface area (Å²) >= 11 is 0. The van der Waals surface area contributed by atoms with Gasteiger partial charge in [-0.3, -0.25) is 4.79 Å². The van der Waals surface area contributed by atoms with E-state index in [0.29, 0.717) is 0 Å². The molecule has 0 radical (unpaired) electrons. The normalized spacial score (nSPS) is 23.5. The molecule has 2 nitrogen and oxygen atoms in total. The first kappa shape index (κ1) is 12.2. The van der Waals surface area contributed by atoms with Crippen molar-refractivity contribution < 1.29 is 9.53 Å². The SMILES string of the molecule is CCC1(C)C(=O)Oc2ccc(C(C)(C)C)cc21. The van der Waals surface area contributed by atoms with Gasteiger partial charge in [-0.15, -0.1) is 0 Å². The van der Waals surface area contributed by atoms with Crippen LogP contribution in [-0.2, 0) is 15.6 Å². The van der Waals surface area contributed by atoms with Crippen LogP contribution in [0.2, 0.25) is 0 Å². The molecule has 1 unspecified atom stereocenters. The third kappa shape index (κ3) is 1.76. The molecule has 1 aliphatic rings. The number of hydrogen-bond donors (Lipinski definition) is 0. The smallest absolute Gasteiger partial charge is 0.321 e. The highest BCUT2D eigenvalue weighted by molar-refractivity contribution is 5.90. The number of carbonyl (C=O) groups excluding carboxylic acids is 1. The number of hydrogen-bond acceptors (Lipinski definition) is 2. The molecule has 0 saturated carbocycles. The number of esters is 1. The summed E-state index contributed by atoms with van der Waals surface area (Å²) in [6.07, 6.45) is 0.770. The van der Waals surface area contributed by atoms with Crippen LogP contribution in [0, 0.1) is 0 Å². The lowest BCUT2D eigenvalue weighted by Crippen LogP contribution is -2.29. The van der Waals surface area contributed by atoms with Gasteiger partial charge in [0.2, 0.25) is 0 Å². The van der Waals surface area contributed by atoms with Crippen LogP contribution in [0.25, 0.3) is 0 Å². The Morgan fingerprint density at radius 2 is 1.94 bits per heavy atom. The van der Waals surface area contributed by atoms with Gasteiger partial charge >= 0.3 is 5.97 Å². The standard InChI is InChI=1S/C15H20O2/c1-6-15(5)11-9-10(14(2,3)4)7-8-12(11)17-13(15)16/h7-9H,6H2,1-5H3. The highest BCUT2D eigenvalue weighted by atomic mass is 16.5. The third-order valence-corrected chi connectivity index (χ3v) is 3.80. The fourth-order valence-electron chi connectivity index (χ4n) is 2.17. The minimum atomic E-state index is -0.476. The fraction of sp³-hybridized carbons (Fsp3) is 0.533. The van der Waals surface area contributed by atoms with Gasteiger partial charge in [0.05, 0.1) is 5.41 Å². The van der Waals surface area contributed by atoms with Crippen molar-refractivity contribution in [1.29, 1.82) is 0 Å². The van der Waals surface area contributed by atoms with Gasteiger partial charge in [-0.25, -0.2) is 0 Å². The molecule has 1 aromatic carbocycles. The molecule has 2 heteroatoms. The molecule has 1 aliphatic heterocycles. The number of ether oxygens (including phenoxy) is 1. The van der Waals surface area contributed by atoms with Crippen molar-refractivity contribution in [2.75, 3.05) is 0 Å². The zero-order valence-electron chi connectivity index (χ0n) is 11.3. The summed E-state index contributed by atoms with van der Waals surface area (Å²) in [7, 11) is 0. The van der Waals surface area contributed by atoms with E-state index in [4.69, 9.17) is 4.74 Å². The molecule has 92 valence electrons. The molecule has 0 saturated heterocycles. The molecule has 2 rings (SSSR count). The molecule has 0 aromatic heterocycles. The molecule has 1 aromatic rings. The molecule has 1 heterocycles. The summed E-state index contributed by atoms with van der Waals surface area (Å²) in [5.74, 6) is 0.605. The van der Waals surface area contributed by atoms with Crippen molar-refractivity contribution in [2.24, 2.45) is 0 Å². The zero-order valence-corrected chi connectivity index (χ0v) is 11.3. The molecule has 0 spiro atoms. The van der Waals surface area contributed by atoms with E-state index in [1.807, 2.05) is 26.0 Å². The summed E-state index contributed by atoms with van der Waals surface area (Å²) in [6, 6.07) is 6.10. The number of rotatable bonds is 1. The summed E-state index contributed by atoms with van der Waals surface area (Å²) in [4.78, 5) is 11.9. The van der Waals surface area contributed by atoms with Crippen molar-refractivity contribution >= 4 is 5.97 Å². The van der Waals surface area contributed by atoms with E-state index < -0.39 is 5.41 Å². The van der Waals surface area contributed by atoms with E-state index in [1.54, 1.807) is 0 Å². The van der Waals surface area contributed by atoms with Crippen molar-refractivity contribution in [2.45, 2.75) is 51.9 Å². The second kappa shape index (κ2) is 3.59. The Bertz CT molecular complexity index is 468. The van der Waals surface area contributed by atoms with Crippen LogP contribution < -0.4 is 4.74 Å². The van der Waals surface area contributed by atoms with Gasteiger partial charge in [0, 0.05) is 5.56 Å². The first-order chi connectivity index (χ1) is 7.79. The largest absolute Gasteiger partial charge is 0.426 e. The quantitative estimate of drug-likeness (QED) is 0.546. The molecule has 1 atom stereocenters. The molecule has 0 bridgehead atoms. The molecule has 0 aliphatic carbocycles. The second-order valence-electron chi connectivity index (χ2n) is 6.04. The average molecular weight is 232 g/mol. The highest BCUT2D eigenvalue weighted by Crippen LogP contribution is 2.43. The van der Waals surface area contributed by atoms with Gasteiger partial charge in [0.25, 0.3) is 0 Å². The van der Waals surface area contributed by atoms with Crippen molar-refractivity contribution in [3.8, 4) is 5.75 Å². The van der Waals surface area contributed by atoms with Crippen LogP contribution in [0.4, 0.5) is 0 Å². The molecule has 0 amide bonds. The van der Waals surface area contributed by atoms with Gasteiger partial charge in [0.15, 0.2) is 0 Å². The third-order valence-electron chi connectivity index (χ3n) is 3.80. The highest BCUT2D eigenvalue weighted by Gasteiger charge is 2.44. The molecule has 0 N–H and O–H groups in total. The number of carbonyl (C=O) groups is 1. The molecule has 0 fully saturated rings. The summed E-state index contributed by atoms with van der Waals surface area (Å²) in [5, 5.41) is 0. The lowest BCUT2D eigenvalue weighted by atomic mass is 9.78. The van der Waals surface area contributed by atoms with Crippen LogP contribution in [0.15, 0.2) is 18.2 Å². The summed E-state index contributed by atoms with van der Waals surface area (Å²) < 4.78 is 5.34. The van der Waals surface area contributed by atoms with Crippen molar-refractivity contribution in [1.82, 2.24) is 0 Å². The van der Waals surface area contributed by atoms with E-state index in [9.17, 15) is 4.79 Å². The van der Waals surface area contributed by atoms with E-state index in [0.717, 1.165) is 17.7 Å². The Morgan fingerprint density at radius 1 is 1.29 bits per heavy atom. The van der Waals surface area contributed by atoms with Crippen molar-refractivity contribution in [3.05, 3.63) is 29.3 Å². The first-order valence-electron chi connectivity index (χ1n) is 6.16. The predicted molar refractivity (Wildman–Crippen MR) is 68.4 cm³/mol. The van der Waals surface area contributed by atoms with E-state index in [1.165, 1.54) is 5.56 Å². The Kier molecular flexibility index (Phi) is 2.57. The number of fused-ring (bicyclic) bond motifs is 1. The molecule has 17 heavy (non-hydrogen) atoms. The van der Waals surface area contributed by atoms with E-state index in [-0.39, 0.29) is 11.4 Å². The van der Waals surface area contributed by atoms with Crippen LogP contribution in [0.1, 0.15) is 52.2 Å². The number of benzene rings is 1. The Hall–Kier alpha value is -1.31. The van der Waals surface area contributed by atoms with Gasteiger partial charge in [-0.05, 0) is 30.4 Å². The van der Waals surface area contributed by atoms with E-state index >= 15 is 0 Å². The fourth-order valence-corrected chi connectivity index (χ4v) is 2.17. The molecular formula is C15H20O2. The lowest BCUT2D eigenvalue weighted by Gasteiger charge is -2.22. The average Bonchev–Trinajstić information content (AvgIpc) is 2.50. The van der Waals surface area contributed by atoms with Crippen LogP contribution in [0.3, 0.4) is 0 Å². The van der Waals surface area contributed by atoms with Crippen LogP contribution in [-0.4, -0.2) is 5.97 Å². The maximum absolute atomic E-state index is 11.9. The Labute approximate surface area is 103 Å². The van der Waals surface area contributed by atoms with Gasteiger partial charge in [-0.1, -0.05) is 39.8 Å². The monoisotopic (exact) mass is 232 g/mol. The Morgan fingerprint density at radius 3 is 2.47 bits per heavy atom.